The SMILES string of the molecule is COCc1cc(C#CC2CC2)ccc1/C(C=NCC1CCCCO1)=N/N. The van der Waals surface area contributed by atoms with E-state index in [9.17, 15) is 0 Å². The molecule has 0 spiro atoms. The summed E-state index contributed by atoms with van der Waals surface area (Å²) in [4.78, 5) is 4.50. The van der Waals surface area contributed by atoms with Gasteiger partial charge in [-0.3, -0.25) is 4.99 Å². The normalized spacial score (nSPS) is 20.8. The van der Waals surface area contributed by atoms with Gasteiger partial charge in [0.15, 0.2) is 0 Å². The fourth-order valence-electron chi connectivity index (χ4n) is 2.99. The summed E-state index contributed by atoms with van der Waals surface area (Å²) in [5.41, 5.74) is 3.59. The fourth-order valence-corrected chi connectivity index (χ4v) is 2.99. The van der Waals surface area contributed by atoms with Crippen LogP contribution in [0.3, 0.4) is 0 Å². The van der Waals surface area contributed by atoms with Crippen molar-refractivity contribution in [2.24, 2.45) is 21.9 Å². The highest BCUT2D eigenvalue weighted by atomic mass is 16.5. The van der Waals surface area contributed by atoms with Crippen LogP contribution in [-0.4, -0.2) is 38.3 Å². The summed E-state index contributed by atoms with van der Waals surface area (Å²) in [5.74, 6) is 12.7. The molecule has 0 bridgehead atoms. The van der Waals surface area contributed by atoms with E-state index >= 15 is 0 Å². The average Bonchev–Trinajstić information content (AvgIpc) is 3.50. The topological polar surface area (TPSA) is 69.2 Å². The molecule has 138 valence electrons. The fraction of sp³-hybridized carbons (Fsp3) is 0.524. The molecule has 1 aromatic rings. The first-order chi connectivity index (χ1) is 12.8. The van der Waals surface area contributed by atoms with Gasteiger partial charge in [-0.25, -0.2) is 0 Å². The van der Waals surface area contributed by atoms with E-state index in [0.717, 1.165) is 36.1 Å². The lowest BCUT2D eigenvalue weighted by Crippen LogP contribution is -2.22. The number of hydrogen-bond donors (Lipinski definition) is 1. The molecule has 0 amide bonds. The van der Waals surface area contributed by atoms with Crippen molar-refractivity contribution in [1.29, 1.82) is 0 Å². The highest BCUT2D eigenvalue weighted by Crippen LogP contribution is 2.27. The van der Waals surface area contributed by atoms with Crippen LogP contribution < -0.4 is 5.84 Å². The molecular weight excluding hydrogens is 326 g/mol. The minimum Gasteiger partial charge on any atom is -0.380 e. The van der Waals surface area contributed by atoms with E-state index in [1.54, 1.807) is 13.3 Å². The summed E-state index contributed by atoms with van der Waals surface area (Å²) in [6.07, 6.45) is 7.81. The van der Waals surface area contributed by atoms with Crippen LogP contribution in [0.4, 0.5) is 0 Å². The molecule has 2 fully saturated rings. The molecule has 1 aliphatic heterocycles. The van der Waals surface area contributed by atoms with Gasteiger partial charge in [0.2, 0.25) is 0 Å². The minimum absolute atomic E-state index is 0.206. The van der Waals surface area contributed by atoms with Gasteiger partial charge in [0.25, 0.3) is 0 Å². The van der Waals surface area contributed by atoms with Crippen LogP contribution in [-0.2, 0) is 16.1 Å². The van der Waals surface area contributed by atoms with E-state index in [1.165, 1.54) is 19.3 Å². The average molecular weight is 353 g/mol. The summed E-state index contributed by atoms with van der Waals surface area (Å²) in [6.45, 7) is 1.95. The molecule has 5 heteroatoms. The minimum atomic E-state index is 0.206. The van der Waals surface area contributed by atoms with Crippen molar-refractivity contribution < 1.29 is 9.47 Å². The first kappa shape index (κ1) is 18.6. The molecule has 1 aromatic carbocycles. The smallest absolute Gasteiger partial charge is 0.108 e. The molecule has 1 unspecified atom stereocenters. The maximum absolute atomic E-state index is 5.71. The molecule has 1 aliphatic carbocycles. The Balaban J connectivity index is 1.72. The number of ether oxygens (including phenoxy) is 2. The Kier molecular flexibility index (Phi) is 6.82. The van der Waals surface area contributed by atoms with E-state index in [4.69, 9.17) is 15.3 Å². The van der Waals surface area contributed by atoms with Crippen molar-refractivity contribution in [2.75, 3.05) is 20.3 Å². The summed E-state index contributed by atoms with van der Waals surface area (Å²) in [6, 6.07) is 6.06. The highest BCUT2D eigenvalue weighted by molar-refractivity contribution is 6.38. The Bertz CT molecular complexity index is 721. The molecule has 5 nitrogen and oxygen atoms in total. The molecule has 1 heterocycles. The van der Waals surface area contributed by atoms with E-state index in [0.29, 0.717) is 24.8 Å². The maximum Gasteiger partial charge on any atom is 0.108 e. The second kappa shape index (κ2) is 9.51. The number of nitrogens with two attached hydrogens (primary N) is 1. The number of methoxy groups -OCH3 is 1. The van der Waals surface area contributed by atoms with E-state index in [-0.39, 0.29) is 6.10 Å². The van der Waals surface area contributed by atoms with Gasteiger partial charge in [0, 0.05) is 37.0 Å². The first-order valence-corrected chi connectivity index (χ1v) is 9.33. The number of rotatable bonds is 6. The third kappa shape index (κ3) is 5.42. The summed E-state index contributed by atoms with van der Waals surface area (Å²) >= 11 is 0. The van der Waals surface area contributed by atoms with Gasteiger partial charge in [-0.05, 0) is 49.8 Å². The van der Waals surface area contributed by atoms with Gasteiger partial charge in [-0.15, -0.1) is 0 Å². The molecule has 26 heavy (non-hydrogen) atoms. The van der Waals surface area contributed by atoms with Crippen molar-refractivity contribution in [3.63, 3.8) is 0 Å². The largest absolute Gasteiger partial charge is 0.380 e. The highest BCUT2D eigenvalue weighted by Gasteiger charge is 2.18. The van der Waals surface area contributed by atoms with Crippen molar-refractivity contribution in [3.05, 3.63) is 34.9 Å². The predicted molar refractivity (Wildman–Crippen MR) is 104 cm³/mol. The monoisotopic (exact) mass is 353 g/mol. The zero-order chi connectivity index (χ0) is 18.2. The van der Waals surface area contributed by atoms with Gasteiger partial charge >= 0.3 is 0 Å². The van der Waals surface area contributed by atoms with Crippen LogP contribution >= 0.6 is 0 Å². The van der Waals surface area contributed by atoms with E-state index < -0.39 is 0 Å². The lowest BCUT2D eigenvalue weighted by atomic mass is 10.0. The molecule has 0 aromatic heterocycles. The van der Waals surface area contributed by atoms with E-state index in [1.807, 2.05) is 12.1 Å². The Morgan fingerprint density at radius 2 is 2.23 bits per heavy atom. The molecular formula is C21H27N3O2. The van der Waals surface area contributed by atoms with E-state index in [2.05, 4.69) is 28.0 Å². The Morgan fingerprint density at radius 1 is 1.35 bits per heavy atom. The second-order valence-corrected chi connectivity index (χ2v) is 6.85. The number of nitrogens with zero attached hydrogens (tertiary/aromatic N) is 2. The molecule has 0 radical (unpaired) electrons. The molecule has 1 saturated carbocycles. The standard InChI is InChI=1S/C21H27N3O2/c1-25-15-18-12-17(8-7-16-5-6-16)9-10-20(18)21(24-22)14-23-13-19-4-2-3-11-26-19/h9-10,12,14,16,19H,2-6,11,13,15,22H2,1H3/b23-14?,24-21+. The lowest BCUT2D eigenvalue weighted by molar-refractivity contribution is 0.0226. The Labute approximate surface area is 155 Å². The quantitative estimate of drug-likeness (QED) is 0.370. The summed E-state index contributed by atoms with van der Waals surface area (Å²) in [5, 5.41) is 3.93. The Hall–Kier alpha value is -2.16. The van der Waals surface area contributed by atoms with Gasteiger partial charge in [-0.2, -0.15) is 5.10 Å². The molecule has 2 aliphatic rings. The molecule has 2 N–H and O–H groups in total. The van der Waals surface area contributed by atoms with Crippen molar-refractivity contribution >= 4 is 11.9 Å². The number of hydrogen-bond acceptors (Lipinski definition) is 5. The van der Waals surface area contributed by atoms with Crippen LogP contribution in [0.5, 0.6) is 0 Å². The van der Waals surface area contributed by atoms with Crippen LogP contribution in [0, 0.1) is 17.8 Å². The van der Waals surface area contributed by atoms with Crippen molar-refractivity contribution in [3.8, 4) is 11.8 Å². The third-order valence-corrected chi connectivity index (χ3v) is 4.61. The second-order valence-electron chi connectivity index (χ2n) is 6.85. The van der Waals surface area contributed by atoms with Crippen LogP contribution in [0.15, 0.2) is 28.3 Å². The van der Waals surface area contributed by atoms with Crippen LogP contribution in [0.2, 0.25) is 0 Å². The van der Waals surface area contributed by atoms with Gasteiger partial charge in [0.05, 0.1) is 19.3 Å². The third-order valence-electron chi connectivity index (χ3n) is 4.61. The van der Waals surface area contributed by atoms with Crippen molar-refractivity contribution in [2.45, 2.75) is 44.8 Å². The number of benzene rings is 1. The van der Waals surface area contributed by atoms with Crippen molar-refractivity contribution in [1.82, 2.24) is 0 Å². The predicted octanol–water partition coefficient (Wildman–Crippen LogP) is 2.90. The van der Waals surface area contributed by atoms with Crippen LogP contribution in [0.25, 0.3) is 0 Å². The van der Waals surface area contributed by atoms with Gasteiger partial charge in [0.1, 0.15) is 5.71 Å². The number of hydrazone groups is 1. The lowest BCUT2D eigenvalue weighted by Gasteiger charge is -2.20. The molecule has 1 saturated heterocycles. The first-order valence-electron chi connectivity index (χ1n) is 9.33. The molecule has 3 rings (SSSR count). The summed E-state index contributed by atoms with van der Waals surface area (Å²) < 4.78 is 11.1. The van der Waals surface area contributed by atoms with Gasteiger partial charge in [-0.1, -0.05) is 17.9 Å². The Morgan fingerprint density at radius 3 is 2.92 bits per heavy atom. The number of aliphatic imine (C=N–C) groups is 1. The summed E-state index contributed by atoms with van der Waals surface area (Å²) in [7, 11) is 1.68. The molecule has 1 atom stereocenters. The maximum atomic E-state index is 5.71. The van der Waals surface area contributed by atoms with Crippen LogP contribution in [0.1, 0.15) is 48.8 Å². The van der Waals surface area contributed by atoms with Gasteiger partial charge < -0.3 is 15.3 Å². The zero-order valence-electron chi connectivity index (χ0n) is 15.4. The zero-order valence-corrected chi connectivity index (χ0v) is 15.4.